The number of anilines is 1. The molecule has 0 aliphatic rings. The summed E-state index contributed by atoms with van der Waals surface area (Å²) in [5.41, 5.74) is 2.33. The summed E-state index contributed by atoms with van der Waals surface area (Å²) in [6, 6.07) is 9.93. The fourth-order valence-electron chi connectivity index (χ4n) is 3.48. The van der Waals surface area contributed by atoms with Crippen LogP contribution in [0.25, 0.3) is 21.0 Å². The Balaban J connectivity index is 1.87. The topological polar surface area (TPSA) is 129 Å². The molecule has 4 rings (SSSR count). The number of benzene rings is 2. The molecule has 0 saturated carbocycles. The van der Waals surface area contributed by atoms with Crippen LogP contribution in [0.4, 0.5) is 5.69 Å². The summed E-state index contributed by atoms with van der Waals surface area (Å²) in [6.45, 7) is -1.22. The summed E-state index contributed by atoms with van der Waals surface area (Å²) < 4.78 is 5.79. The van der Waals surface area contributed by atoms with E-state index in [0.717, 1.165) is 11.3 Å². The number of fused-ring (bicyclic) bond motifs is 3. The number of ether oxygens (including phenoxy) is 1. The third-order valence-corrected chi connectivity index (χ3v) is 6.45. The van der Waals surface area contributed by atoms with E-state index in [1.165, 1.54) is 7.11 Å². The highest BCUT2D eigenvalue weighted by molar-refractivity contribution is 7.22. The van der Waals surface area contributed by atoms with E-state index < -0.39 is 18.3 Å². The molecule has 4 N–H and O–H groups in total. The molecular weight excluding hydrogens is 432 g/mol. The van der Waals surface area contributed by atoms with Crippen LogP contribution in [-0.4, -0.2) is 45.7 Å². The largest absolute Gasteiger partial charge is 0.497 e. The normalized spacial score (nSPS) is 11.1. The number of aliphatic hydroxyl groups excluding tert-OH is 3. The lowest BCUT2D eigenvalue weighted by atomic mass is 10.0. The Morgan fingerprint density at radius 1 is 1.03 bits per heavy atom. The van der Waals surface area contributed by atoms with Crippen molar-refractivity contribution < 1.29 is 29.6 Å². The summed E-state index contributed by atoms with van der Waals surface area (Å²) in [5, 5.41) is 32.7. The molecule has 0 bridgehead atoms. The molecule has 2 heterocycles. The Morgan fingerprint density at radius 2 is 1.72 bits per heavy atom. The molecule has 0 aliphatic heterocycles. The molecular formula is C23H20N2O6S. The van der Waals surface area contributed by atoms with Gasteiger partial charge < -0.3 is 25.4 Å². The van der Waals surface area contributed by atoms with Gasteiger partial charge in [-0.05, 0) is 47.5 Å². The molecule has 4 aromatic rings. The lowest BCUT2D eigenvalue weighted by Gasteiger charge is -2.09. The van der Waals surface area contributed by atoms with Gasteiger partial charge in [0.2, 0.25) is 0 Å². The predicted molar refractivity (Wildman–Crippen MR) is 121 cm³/mol. The number of carbonyl (C=O) groups is 2. The highest BCUT2D eigenvalue weighted by atomic mass is 32.1. The van der Waals surface area contributed by atoms with Gasteiger partial charge in [0.25, 0.3) is 5.91 Å². The van der Waals surface area contributed by atoms with Gasteiger partial charge in [-0.3, -0.25) is 14.6 Å². The summed E-state index contributed by atoms with van der Waals surface area (Å²) >= 11 is 1.13. The molecule has 1 amide bonds. The first-order chi connectivity index (χ1) is 15.5. The fourth-order valence-corrected chi connectivity index (χ4v) is 4.66. The maximum atomic E-state index is 12.9. The first kappa shape index (κ1) is 21.8. The highest BCUT2D eigenvalue weighted by Crippen LogP contribution is 2.40. The van der Waals surface area contributed by atoms with Crippen LogP contribution in [0.5, 0.6) is 5.75 Å². The number of carbonyl (C=O) groups excluding carboxylic acids is 2. The second-order valence-corrected chi connectivity index (χ2v) is 8.05. The third-order valence-electron chi connectivity index (χ3n) is 5.17. The van der Waals surface area contributed by atoms with E-state index in [1.54, 1.807) is 42.6 Å². The van der Waals surface area contributed by atoms with Crippen molar-refractivity contribution >= 4 is 49.7 Å². The quantitative estimate of drug-likeness (QED) is 0.317. The van der Waals surface area contributed by atoms with Gasteiger partial charge >= 0.3 is 0 Å². The summed E-state index contributed by atoms with van der Waals surface area (Å²) in [5.74, 6) is -0.346. The fraction of sp³-hybridized carbons (Fsp3) is 0.174. The Kier molecular flexibility index (Phi) is 6.15. The molecule has 32 heavy (non-hydrogen) atoms. The Bertz CT molecular complexity index is 1330. The van der Waals surface area contributed by atoms with E-state index >= 15 is 0 Å². The molecule has 0 saturated heterocycles. The smallest absolute Gasteiger partial charge is 0.255 e. The number of nitrogens with zero attached hydrogens (tertiary/aromatic N) is 1. The standard InChI is InChI=1S/C23H20N2O6S/c1-31-15-4-2-12(3-5-15)23(30)25-20-17-8-24-18-7-14(10-27)13(9-26)6-16(18)21(17)32-22(20)19(29)11-28/h2-8,26-28H,9-11H2,1H3,(H,25,30). The number of amides is 1. The minimum absolute atomic E-state index is 0.204. The second-order valence-electron chi connectivity index (χ2n) is 7.03. The Hall–Kier alpha value is -3.37. The average Bonchev–Trinajstić information content (AvgIpc) is 3.21. The van der Waals surface area contributed by atoms with Gasteiger partial charge in [-0.15, -0.1) is 11.3 Å². The number of nitrogens with one attached hydrogen (secondary N) is 1. The lowest BCUT2D eigenvalue weighted by molar-refractivity contribution is 0.0908. The lowest BCUT2D eigenvalue weighted by Crippen LogP contribution is -2.14. The van der Waals surface area contributed by atoms with Crippen LogP contribution in [0.2, 0.25) is 0 Å². The van der Waals surface area contributed by atoms with E-state index in [0.29, 0.717) is 43.4 Å². The molecule has 164 valence electrons. The number of rotatable bonds is 7. The van der Waals surface area contributed by atoms with Crippen molar-refractivity contribution in [3.8, 4) is 5.75 Å². The summed E-state index contributed by atoms with van der Waals surface area (Å²) in [4.78, 5) is 30.0. The first-order valence-corrected chi connectivity index (χ1v) is 10.5. The Morgan fingerprint density at radius 3 is 2.34 bits per heavy atom. The zero-order valence-electron chi connectivity index (χ0n) is 17.1. The molecule has 0 unspecified atom stereocenters. The SMILES string of the molecule is COc1ccc(C(=O)Nc2c(C(=O)CO)sc3c2cnc2cc(CO)c(CO)cc23)cc1. The zero-order valence-corrected chi connectivity index (χ0v) is 17.9. The third kappa shape index (κ3) is 3.82. The molecule has 8 nitrogen and oxygen atoms in total. The number of aromatic nitrogens is 1. The molecule has 0 radical (unpaired) electrons. The van der Waals surface area contributed by atoms with E-state index in [-0.39, 0.29) is 23.8 Å². The van der Waals surface area contributed by atoms with Crippen LogP contribution >= 0.6 is 11.3 Å². The van der Waals surface area contributed by atoms with Gasteiger partial charge in [0.15, 0.2) is 5.78 Å². The van der Waals surface area contributed by atoms with Crippen LogP contribution in [-0.2, 0) is 13.2 Å². The van der Waals surface area contributed by atoms with Gasteiger partial charge in [0, 0.05) is 27.2 Å². The van der Waals surface area contributed by atoms with Gasteiger partial charge in [-0.1, -0.05) is 0 Å². The van der Waals surface area contributed by atoms with Gasteiger partial charge in [-0.2, -0.15) is 0 Å². The van der Waals surface area contributed by atoms with Crippen molar-refractivity contribution in [2.45, 2.75) is 13.2 Å². The Labute approximate surface area is 186 Å². The maximum Gasteiger partial charge on any atom is 0.255 e. The van der Waals surface area contributed by atoms with Crippen molar-refractivity contribution in [1.82, 2.24) is 4.98 Å². The molecule has 0 fully saturated rings. The van der Waals surface area contributed by atoms with Crippen molar-refractivity contribution in [3.05, 3.63) is 64.2 Å². The molecule has 9 heteroatoms. The van der Waals surface area contributed by atoms with E-state index in [2.05, 4.69) is 10.3 Å². The molecule has 0 aliphatic carbocycles. The monoisotopic (exact) mass is 452 g/mol. The second kappa shape index (κ2) is 9.01. The van der Waals surface area contributed by atoms with Crippen LogP contribution < -0.4 is 10.1 Å². The van der Waals surface area contributed by atoms with Gasteiger partial charge in [0.05, 0.1) is 36.4 Å². The molecule has 0 spiro atoms. The zero-order chi connectivity index (χ0) is 22.8. The van der Waals surface area contributed by atoms with E-state index in [9.17, 15) is 24.9 Å². The summed E-state index contributed by atoms with van der Waals surface area (Å²) in [6.07, 6.45) is 1.55. The molecule has 2 aromatic heterocycles. The van der Waals surface area contributed by atoms with Crippen molar-refractivity contribution in [3.63, 3.8) is 0 Å². The van der Waals surface area contributed by atoms with Crippen LogP contribution in [0, 0.1) is 0 Å². The highest BCUT2D eigenvalue weighted by Gasteiger charge is 2.22. The minimum atomic E-state index is -0.708. The number of pyridine rings is 1. The number of hydrogen-bond acceptors (Lipinski definition) is 8. The van der Waals surface area contributed by atoms with Crippen LogP contribution in [0.3, 0.4) is 0 Å². The summed E-state index contributed by atoms with van der Waals surface area (Å²) in [7, 11) is 1.53. The predicted octanol–water partition coefficient (Wildman–Crippen LogP) is 2.87. The van der Waals surface area contributed by atoms with E-state index in [4.69, 9.17) is 4.74 Å². The maximum absolute atomic E-state index is 12.9. The average molecular weight is 452 g/mol. The van der Waals surface area contributed by atoms with Gasteiger partial charge in [0.1, 0.15) is 12.4 Å². The van der Waals surface area contributed by atoms with Crippen LogP contribution in [0.15, 0.2) is 42.6 Å². The van der Waals surface area contributed by atoms with E-state index in [1.807, 2.05) is 0 Å². The minimum Gasteiger partial charge on any atom is -0.497 e. The number of Topliss-reactive ketones (excluding diaryl/α,β-unsaturated/α-hetero) is 1. The number of hydrogen-bond donors (Lipinski definition) is 4. The number of methoxy groups -OCH3 is 1. The molecule has 0 atom stereocenters. The van der Waals surface area contributed by atoms with Crippen molar-refractivity contribution in [2.75, 3.05) is 19.0 Å². The number of thiophene rings is 1. The van der Waals surface area contributed by atoms with Crippen molar-refractivity contribution in [1.29, 1.82) is 0 Å². The number of ketones is 1. The molecule has 2 aromatic carbocycles. The van der Waals surface area contributed by atoms with Crippen molar-refractivity contribution in [2.24, 2.45) is 0 Å². The van der Waals surface area contributed by atoms with Gasteiger partial charge in [-0.25, -0.2) is 0 Å². The first-order valence-electron chi connectivity index (χ1n) is 9.68. The van der Waals surface area contributed by atoms with Crippen LogP contribution in [0.1, 0.15) is 31.2 Å². The number of aliphatic hydroxyl groups is 3.